The Hall–Kier alpha value is -1.69. The van der Waals surface area contributed by atoms with Crippen LogP contribution in [0.4, 0.5) is 0 Å². The molecule has 5 heteroatoms. The van der Waals surface area contributed by atoms with Crippen molar-refractivity contribution in [3.05, 3.63) is 69.7 Å². The fourth-order valence-corrected chi connectivity index (χ4v) is 3.54. The van der Waals surface area contributed by atoms with E-state index < -0.39 is 0 Å². The molecule has 26 heavy (non-hydrogen) atoms. The number of hydrogen-bond acceptors (Lipinski definition) is 3. The summed E-state index contributed by atoms with van der Waals surface area (Å²) in [7, 11) is 2.16. The van der Waals surface area contributed by atoms with Crippen molar-refractivity contribution in [2.24, 2.45) is 0 Å². The number of benzene rings is 2. The molecule has 2 aromatic rings. The molecule has 0 aliphatic carbocycles. The van der Waals surface area contributed by atoms with Crippen LogP contribution in [0.15, 0.2) is 53.0 Å². The SMILES string of the molecule is Cc1ccc(C(CNC(=O)c2ccc(Br)cc2)N2CCN(C)CC2)cc1. The van der Waals surface area contributed by atoms with E-state index in [-0.39, 0.29) is 11.9 Å². The molecule has 138 valence electrons. The van der Waals surface area contributed by atoms with E-state index in [1.807, 2.05) is 24.3 Å². The van der Waals surface area contributed by atoms with Gasteiger partial charge in [-0.1, -0.05) is 45.8 Å². The van der Waals surface area contributed by atoms with Gasteiger partial charge in [0.2, 0.25) is 0 Å². The van der Waals surface area contributed by atoms with E-state index in [2.05, 4.69) is 69.3 Å². The normalized spacial score (nSPS) is 17.0. The third-order valence-corrected chi connectivity index (χ3v) is 5.53. The van der Waals surface area contributed by atoms with Crippen molar-refractivity contribution in [1.29, 1.82) is 0 Å². The van der Waals surface area contributed by atoms with Crippen molar-refractivity contribution < 1.29 is 4.79 Å². The monoisotopic (exact) mass is 415 g/mol. The molecule has 0 spiro atoms. The van der Waals surface area contributed by atoms with Crippen LogP contribution in [0.5, 0.6) is 0 Å². The first-order valence-corrected chi connectivity index (χ1v) is 9.85. The maximum Gasteiger partial charge on any atom is 0.251 e. The average molecular weight is 416 g/mol. The number of nitrogens with zero attached hydrogens (tertiary/aromatic N) is 2. The lowest BCUT2D eigenvalue weighted by Crippen LogP contribution is -2.48. The number of aryl methyl sites for hydroxylation is 1. The molecule has 1 amide bonds. The van der Waals surface area contributed by atoms with Gasteiger partial charge < -0.3 is 10.2 Å². The third kappa shape index (κ3) is 4.93. The summed E-state index contributed by atoms with van der Waals surface area (Å²) in [4.78, 5) is 17.4. The van der Waals surface area contributed by atoms with Crippen molar-refractivity contribution in [3.8, 4) is 0 Å². The number of likely N-dealkylation sites (N-methyl/N-ethyl adjacent to an activating group) is 1. The molecule has 0 bridgehead atoms. The van der Waals surface area contributed by atoms with Crippen molar-refractivity contribution in [2.45, 2.75) is 13.0 Å². The summed E-state index contributed by atoms with van der Waals surface area (Å²) in [5.41, 5.74) is 3.20. The first-order chi connectivity index (χ1) is 12.5. The first-order valence-electron chi connectivity index (χ1n) is 9.06. The Morgan fingerprint density at radius 3 is 2.27 bits per heavy atom. The highest BCUT2D eigenvalue weighted by Gasteiger charge is 2.24. The molecular formula is C21H26BrN3O. The molecule has 1 fully saturated rings. The van der Waals surface area contributed by atoms with Gasteiger partial charge in [0.25, 0.3) is 5.91 Å². The molecule has 0 saturated carbocycles. The summed E-state index contributed by atoms with van der Waals surface area (Å²) in [6.07, 6.45) is 0. The lowest BCUT2D eigenvalue weighted by molar-refractivity contribution is 0.0886. The minimum absolute atomic E-state index is 0.0243. The molecule has 2 aromatic carbocycles. The zero-order chi connectivity index (χ0) is 18.5. The molecule has 1 unspecified atom stereocenters. The van der Waals surface area contributed by atoms with Gasteiger partial charge in [-0.3, -0.25) is 9.69 Å². The smallest absolute Gasteiger partial charge is 0.251 e. The molecule has 1 saturated heterocycles. The summed E-state index contributed by atoms with van der Waals surface area (Å²) < 4.78 is 0.976. The Morgan fingerprint density at radius 1 is 1.04 bits per heavy atom. The lowest BCUT2D eigenvalue weighted by Gasteiger charge is -2.38. The topological polar surface area (TPSA) is 35.6 Å². The number of hydrogen-bond donors (Lipinski definition) is 1. The van der Waals surface area contributed by atoms with E-state index in [0.717, 1.165) is 30.7 Å². The summed E-state index contributed by atoms with van der Waals surface area (Å²) in [6, 6.07) is 16.3. The van der Waals surface area contributed by atoms with Crippen molar-refractivity contribution in [3.63, 3.8) is 0 Å². The minimum Gasteiger partial charge on any atom is -0.350 e. The van der Waals surface area contributed by atoms with E-state index in [9.17, 15) is 4.79 Å². The molecule has 1 aliphatic rings. The van der Waals surface area contributed by atoms with Gasteiger partial charge in [0.1, 0.15) is 0 Å². The largest absolute Gasteiger partial charge is 0.350 e. The van der Waals surface area contributed by atoms with Gasteiger partial charge in [-0.05, 0) is 43.8 Å². The summed E-state index contributed by atoms with van der Waals surface area (Å²) in [5, 5.41) is 3.13. The van der Waals surface area contributed by atoms with Crippen molar-refractivity contribution in [2.75, 3.05) is 39.8 Å². The van der Waals surface area contributed by atoms with Gasteiger partial charge in [0, 0.05) is 42.8 Å². The van der Waals surface area contributed by atoms with Crippen LogP contribution in [0.25, 0.3) is 0 Å². The fraction of sp³-hybridized carbons (Fsp3) is 0.381. The molecule has 1 heterocycles. The molecular weight excluding hydrogens is 390 g/mol. The van der Waals surface area contributed by atoms with Crippen LogP contribution < -0.4 is 5.32 Å². The second-order valence-corrected chi connectivity index (χ2v) is 7.90. The van der Waals surface area contributed by atoms with Crippen LogP contribution >= 0.6 is 15.9 Å². The maximum absolute atomic E-state index is 12.5. The summed E-state index contributed by atoms with van der Waals surface area (Å²) >= 11 is 3.41. The number of amides is 1. The second-order valence-electron chi connectivity index (χ2n) is 6.98. The lowest BCUT2D eigenvalue weighted by atomic mass is 10.0. The Bertz CT molecular complexity index is 722. The van der Waals surface area contributed by atoms with Crippen LogP contribution in [0, 0.1) is 6.92 Å². The zero-order valence-electron chi connectivity index (χ0n) is 15.4. The highest BCUT2D eigenvalue weighted by molar-refractivity contribution is 9.10. The molecule has 1 atom stereocenters. The second kappa shape index (κ2) is 8.80. The Labute approximate surface area is 164 Å². The third-order valence-electron chi connectivity index (χ3n) is 5.00. The minimum atomic E-state index is -0.0243. The van der Waals surface area contributed by atoms with E-state index >= 15 is 0 Å². The van der Waals surface area contributed by atoms with Gasteiger partial charge in [0.15, 0.2) is 0 Å². The number of rotatable bonds is 5. The van der Waals surface area contributed by atoms with Crippen molar-refractivity contribution in [1.82, 2.24) is 15.1 Å². The zero-order valence-corrected chi connectivity index (χ0v) is 17.0. The van der Waals surface area contributed by atoms with Crippen LogP contribution in [-0.2, 0) is 0 Å². The number of nitrogens with one attached hydrogen (secondary N) is 1. The van der Waals surface area contributed by atoms with Crippen molar-refractivity contribution >= 4 is 21.8 Å². The number of piperazine rings is 1. The number of carbonyl (C=O) groups excluding carboxylic acids is 1. The number of halogens is 1. The predicted octanol–water partition coefficient (Wildman–Crippen LogP) is 3.48. The van der Waals surface area contributed by atoms with Gasteiger partial charge in [0.05, 0.1) is 6.04 Å². The van der Waals surface area contributed by atoms with Crippen LogP contribution in [-0.4, -0.2) is 55.5 Å². The van der Waals surface area contributed by atoms with Gasteiger partial charge in [-0.2, -0.15) is 0 Å². The molecule has 3 rings (SSSR count). The Morgan fingerprint density at radius 2 is 1.65 bits per heavy atom. The average Bonchev–Trinajstić information content (AvgIpc) is 2.65. The van der Waals surface area contributed by atoms with E-state index in [1.54, 1.807) is 0 Å². The highest BCUT2D eigenvalue weighted by atomic mass is 79.9. The van der Waals surface area contributed by atoms with Gasteiger partial charge >= 0.3 is 0 Å². The number of carbonyl (C=O) groups is 1. The molecule has 0 radical (unpaired) electrons. The van der Waals surface area contributed by atoms with Crippen LogP contribution in [0.3, 0.4) is 0 Å². The molecule has 1 aliphatic heterocycles. The predicted molar refractivity (Wildman–Crippen MR) is 109 cm³/mol. The maximum atomic E-state index is 12.5. The molecule has 0 aromatic heterocycles. The highest BCUT2D eigenvalue weighted by Crippen LogP contribution is 2.22. The first kappa shape index (κ1) is 19.1. The summed E-state index contributed by atoms with van der Waals surface area (Å²) in [5.74, 6) is -0.0243. The van der Waals surface area contributed by atoms with Crippen LogP contribution in [0.1, 0.15) is 27.5 Å². The fourth-order valence-electron chi connectivity index (χ4n) is 3.27. The Kier molecular flexibility index (Phi) is 6.46. The summed E-state index contributed by atoms with van der Waals surface area (Å²) in [6.45, 7) is 6.87. The van der Waals surface area contributed by atoms with Crippen LogP contribution in [0.2, 0.25) is 0 Å². The van der Waals surface area contributed by atoms with E-state index in [4.69, 9.17) is 0 Å². The standard InChI is InChI=1S/C21H26BrN3O/c1-16-3-5-17(6-4-16)20(25-13-11-24(2)12-14-25)15-23-21(26)18-7-9-19(22)10-8-18/h3-10,20H,11-15H2,1-2H3,(H,23,26). The molecule has 1 N–H and O–H groups in total. The Balaban J connectivity index is 1.71. The van der Waals surface area contributed by atoms with Gasteiger partial charge in [-0.25, -0.2) is 0 Å². The van der Waals surface area contributed by atoms with E-state index in [0.29, 0.717) is 12.1 Å². The van der Waals surface area contributed by atoms with E-state index in [1.165, 1.54) is 11.1 Å². The van der Waals surface area contributed by atoms with Gasteiger partial charge in [-0.15, -0.1) is 0 Å². The quantitative estimate of drug-likeness (QED) is 0.811. The molecule has 4 nitrogen and oxygen atoms in total.